The second-order valence-corrected chi connectivity index (χ2v) is 7.37. The van der Waals surface area contributed by atoms with E-state index in [1.807, 2.05) is 44.2 Å². The Hall–Kier alpha value is -3.12. The summed E-state index contributed by atoms with van der Waals surface area (Å²) in [6.45, 7) is 3.94. The number of hydrogen-bond acceptors (Lipinski definition) is 3. The molecule has 0 saturated carbocycles. The van der Waals surface area contributed by atoms with Crippen molar-refractivity contribution in [3.8, 4) is 11.1 Å². The van der Waals surface area contributed by atoms with E-state index in [2.05, 4.69) is 15.7 Å². The monoisotopic (exact) mass is 394 g/mol. The maximum absolute atomic E-state index is 12.9. The molecule has 0 bridgehead atoms. The van der Waals surface area contributed by atoms with Crippen molar-refractivity contribution in [3.05, 3.63) is 64.8 Å². The molecule has 0 fully saturated rings. The van der Waals surface area contributed by atoms with E-state index in [1.165, 1.54) is 0 Å². The number of carbonyl (C=O) groups excluding carboxylic acids is 2. The van der Waals surface area contributed by atoms with Crippen LogP contribution >= 0.6 is 11.6 Å². The number of halogens is 1. The fourth-order valence-corrected chi connectivity index (χ4v) is 3.51. The standard InChI is InChI=1S/C21H19ClN4O2/c1-12-3-8-17(13(2)9-12)24-21(28)18-10-19(27)25-20-16(11-23-26(18)20)14-4-6-15(22)7-5-14/h3-9,11,18H,10H2,1-2H3,(H,24,28)(H,25,27). The number of benzene rings is 2. The lowest BCUT2D eigenvalue weighted by Crippen LogP contribution is -2.36. The molecule has 2 N–H and O–H groups in total. The molecule has 2 aromatic carbocycles. The topological polar surface area (TPSA) is 76.0 Å². The Bertz CT molecular complexity index is 1070. The Morgan fingerprint density at radius 2 is 1.96 bits per heavy atom. The summed E-state index contributed by atoms with van der Waals surface area (Å²) in [6.07, 6.45) is 1.69. The molecule has 0 saturated heterocycles. The molecule has 1 atom stereocenters. The summed E-state index contributed by atoms with van der Waals surface area (Å²) in [5, 5.41) is 10.8. The summed E-state index contributed by atoms with van der Waals surface area (Å²) in [7, 11) is 0. The number of aromatic nitrogens is 2. The Labute approximate surface area is 167 Å². The largest absolute Gasteiger partial charge is 0.324 e. The van der Waals surface area contributed by atoms with E-state index in [4.69, 9.17) is 11.6 Å². The summed E-state index contributed by atoms with van der Waals surface area (Å²) in [4.78, 5) is 25.2. The molecular formula is C21H19ClN4O2. The van der Waals surface area contributed by atoms with Crippen LogP contribution in [-0.4, -0.2) is 21.6 Å². The molecule has 1 unspecified atom stereocenters. The third-order valence-corrected chi connectivity index (χ3v) is 5.08. The van der Waals surface area contributed by atoms with Crippen LogP contribution in [0, 0.1) is 13.8 Å². The number of rotatable bonds is 3. The molecule has 4 rings (SSSR count). The minimum absolute atomic E-state index is 0.0332. The average Bonchev–Trinajstić information content (AvgIpc) is 3.07. The smallest absolute Gasteiger partial charge is 0.249 e. The van der Waals surface area contributed by atoms with Gasteiger partial charge in [-0.1, -0.05) is 41.4 Å². The average molecular weight is 395 g/mol. The zero-order chi connectivity index (χ0) is 19.8. The summed E-state index contributed by atoms with van der Waals surface area (Å²) in [6, 6.07) is 12.3. The van der Waals surface area contributed by atoms with E-state index in [0.717, 1.165) is 27.9 Å². The van der Waals surface area contributed by atoms with Crippen LogP contribution in [0.3, 0.4) is 0 Å². The molecule has 2 amide bonds. The van der Waals surface area contributed by atoms with Crippen LogP contribution in [0.2, 0.25) is 5.02 Å². The van der Waals surface area contributed by atoms with Crippen molar-refractivity contribution in [2.45, 2.75) is 26.3 Å². The molecule has 6 nitrogen and oxygen atoms in total. The van der Waals surface area contributed by atoms with Crippen LogP contribution in [-0.2, 0) is 9.59 Å². The van der Waals surface area contributed by atoms with Gasteiger partial charge in [0, 0.05) is 16.3 Å². The van der Waals surface area contributed by atoms with Gasteiger partial charge in [0.1, 0.15) is 11.9 Å². The van der Waals surface area contributed by atoms with Gasteiger partial charge in [-0.05, 0) is 43.2 Å². The van der Waals surface area contributed by atoms with Gasteiger partial charge in [-0.25, -0.2) is 4.68 Å². The summed E-state index contributed by atoms with van der Waals surface area (Å²) in [5.74, 6) is 0.0251. The molecule has 28 heavy (non-hydrogen) atoms. The molecule has 142 valence electrons. The first-order valence-electron chi connectivity index (χ1n) is 8.94. The maximum atomic E-state index is 12.9. The van der Waals surface area contributed by atoms with Gasteiger partial charge >= 0.3 is 0 Å². The van der Waals surface area contributed by atoms with E-state index in [1.54, 1.807) is 23.0 Å². The van der Waals surface area contributed by atoms with Gasteiger partial charge in [0.15, 0.2) is 0 Å². The number of nitrogens with zero attached hydrogens (tertiary/aromatic N) is 2. The zero-order valence-corrected chi connectivity index (χ0v) is 16.2. The first-order valence-corrected chi connectivity index (χ1v) is 9.31. The third kappa shape index (κ3) is 3.39. The quantitative estimate of drug-likeness (QED) is 0.693. The van der Waals surface area contributed by atoms with Crippen LogP contribution in [0.5, 0.6) is 0 Å². The Morgan fingerprint density at radius 1 is 1.21 bits per heavy atom. The van der Waals surface area contributed by atoms with Gasteiger partial charge in [-0.15, -0.1) is 0 Å². The van der Waals surface area contributed by atoms with Crippen LogP contribution in [0.1, 0.15) is 23.6 Å². The number of carbonyl (C=O) groups is 2. The minimum Gasteiger partial charge on any atom is -0.324 e. The number of amides is 2. The summed E-state index contributed by atoms with van der Waals surface area (Å²) < 4.78 is 1.57. The van der Waals surface area contributed by atoms with Gasteiger partial charge in [0.25, 0.3) is 0 Å². The van der Waals surface area contributed by atoms with Gasteiger partial charge in [-0.2, -0.15) is 5.10 Å². The van der Waals surface area contributed by atoms with E-state index < -0.39 is 6.04 Å². The van der Waals surface area contributed by atoms with E-state index >= 15 is 0 Å². The fraction of sp³-hybridized carbons (Fsp3) is 0.190. The van der Waals surface area contributed by atoms with Crippen molar-refractivity contribution in [1.82, 2.24) is 9.78 Å². The number of nitrogens with one attached hydrogen (secondary N) is 2. The molecule has 7 heteroatoms. The Balaban J connectivity index is 1.66. The SMILES string of the molecule is Cc1ccc(NC(=O)C2CC(=O)Nc3c(-c4ccc(Cl)cc4)cnn32)c(C)c1. The summed E-state index contributed by atoms with van der Waals surface area (Å²) in [5.41, 5.74) is 4.43. The first-order chi connectivity index (χ1) is 13.4. The molecule has 1 aromatic heterocycles. The number of aryl methyl sites for hydroxylation is 2. The normalized spacial score (nSPS) is 15.7. The van der Waals surface area contributed by atoms with Crippen LogP contribution < -0.4 is 10.6 Å². The number of fused-ring (bicyclic) bond motifs is 1. The second kappa shape index (κ2) is 7.13. The predicted octanol–water partition coefficient (Wildman–Crippen LogP) is 4.34. The Morgan fingerprint density at radius 3 is 2.68 bits per heavy atom. The van der Waals surface area contributed by atoms with Crippen molar-refractivity contribution >= 4 is 34.9 Å². The molecule has 0 radical (unpaired) electrons. The van der Waals surface area contributed by atoms with Crippen LogP contribution in [0.4, 0.5) is 11.5 Å². The molecule has 2 heterocycles. The lowest BCUT2D eigenvalue weighted by molar-refractivity contribution is -0.125. The van der Waals surface area contributed by atoms with Gasteiger partial charge < -0.3 is 10.6 Å². The molecule has 3 aromatic rings. The third-order valence-electron chi connectivity index (χ3n) is 4.82. The van der Waals surface area contributed by atoms with Gasteiger partial charge in [-0.3, -0.25) is 9.59 Å². The lowest BCUT2D eigenvalue weighted by atomic mass is 10.1. The molecular weight excluding hydrogens is 376 g/mol. The Kier molecular flexibility index (Phi) is 4.65. The highest BCUT2D eigenvalue weighted by Crippen LogP contribution is 2.35. The number of hydrogen-bond donors (Lipinski definition) is 2. The van der Waals surface area contributed by atoms with Crippen molar-refractivity contribution in [2.75, 3.05) is 10.6 Å². The minimum atomic E-state index is -0.717. The zero-order valence-electron chi connectivity index (χ0n) is 15.5. The van der Waals surface area contributed by atoms with Crippen LogP contribution in [0.15, 0.2) is 48.7 Å². The van der Waals surface area contributed by atoms with Crippen molar-refractivity contribution in [2.24, 2.45) is 0 Å². The van der Waals surface area contributed by atoms with Crippen molar-refractivity contribution in [3.63, 3.8) is 0 Å². The maximum Gasteiger partial charge on any atom is 0.249 e. The van der Waals surface area contributed by atoms with Crippen molar-refractivity contribution in [1.29, 1.82) is 0 Å². The van der Waals surface area contributed by atoms with E-state index in [0.29, 0.717) is 10.8 Å². The highest BCUT2D eigenvalue weighted by atomic mass is 35.5. The molecule has 0 spiro atoms. The van der Waals surface area contributed by atoms with Crippen molar-refractivity contribution < 1.29 is 9.59 Å². The van der Waals surface area contributed by atoms with Gasteiger partial charge in [0.05, 0.1) is 12.6 Å². The van der Waals surface area contributed by atoms with Gasteiger partial charge in [0.2, 0.25) is 11.8 Å². The second-order valence-electron chi connectivity index (χ2n) is 6.93. The highest BCUT2D eigenvalue weighted by molar-refractivity contribution is 6.30. The number of anilines is 2. The molecule has 1 aliphatic rings. The lowest BCUT2D eigenvalue weighted by Gasteiger charge is -2.25. The van der Waals surface area contributed by atoms with E-state index in [-0.39, 0.29) is 18.2 Å². The molecule has 1 aliphatic heterocycles. The predicted molar refractivity (Wildman–Crippen MR) is 110 cm³/mol. The summed E-state index contributed by atoms with van der Waals surface area (Å²) >= 11 is 5.96. The first kappa shape index (κ1) is 18.3. The molecule has 0 aliphatic carbocycles. The van der Waals surface area contributed by atoms with E-state index in [9.17, 15) is 9.59 Å². The fourth-order valence-electron chi connectivity index (χ4n) is 3.38. The highest BCUT2D eigenvalue weighted by Gasteiger charge is 2.33. The van der Waals surface area contributed by atoms with Crippen LogP contribution in [0.25, 0.3) is 11.1 Å².